The molecule has 20 heavy (non-hydrogen) atoms. The molecule has 0 radical (unpaired) electrons. The molecule has 0 unspecified atom stereocenters. The molecule has 0 aliphatic heterocycles. The SMILES string of the molecule is CCN(CCC(N)=S)C(=O)c1ccc2ncccc2c1. The molecule has 1 heterocycles. The molecule has 1 aromatic carbocycles. The van der Waals surface area contributed by atoms with Gasteiger partial charge in [-0.3, -0.25) is 9.78 Å². The van der Waals surface area contributed by atoms with Crippen molar-refractivity contribution in [3.63, 3.8) is 0 Å². The molecule has 0 saturated heterocycles. The molecule has 104 valence electrons. The number of nitrogens with two attached hydrogens (primary N) is 1. The first-order valence-corrected chi connectivity index (χ1v) is 6.95. The monoisotopic (exact) mass is 287 g/mol. The normalized spacial score (nSPS) is 10.4. The zero-order valence-electron chi connectivity index (χ0n) is 11.4. The molecule has 2 N–H and O–H groups in total. The standard InChI is InChI=1S/C15H17N3OS/c1-2-18(9-7-14(16)20)15(19)12-5-6-13-11(10-12)4-3-8-17-13/h3-6,8,10H,2,7,9H2,1H3,(H2,16,20). The molecule has 0 fully saturated rings. The van der Waals surface area contributed by atoms with E-state index in [1.165, 1.54) is 0 Å². The van der Waals surface area contributed by atoms with Crippen molar-refractivity contribution in [2.45, 2.75) is 13.3 Å². The number of nitrogens with zero attached hydrogens (tertiary/aromatic N) is 2. The summed E-state index contributed by atoms with van der Waals surface area (Å²) < 4.78 is 0. The zero-order valence-corrected chi connectivity index (χ0v) is 12.2. The fourth-order valence-corrected chi connectivity index (χ4v) is 2.13. The molecule has 0 spiro atoms. The molecule has 0 atom stereocenters. The second kappa shape index (κ2) is 6.43. The molecule has 4 nitrogen and oxygen atoms in total. The minimum atomic E-state index is -0.00509. The highest BCUT2D eigenvalue weighted by atomic mass is 32.1. The molecule has 0 aliphatic carbocycles. The van der Waals surface area contributed by atoms with Crippen LogP contribution in [0.25, 0.3) is 10.9 Å². The van der Waals surface area contributed by atoms with Crippen LogP contribution < -0.4 is 5.73 Å². The topological polar surface area (TPSA) is 59.2 Å². The lowest BCUT2D eigenvalue weighted by molar-refractivity contribution is 0.0769. The summed E-state index contributed by atoms with van der Waals surface area (Å²) in [6.45, 7) is 3.13. The van der Waals surface area contributed by atoms with Crippen LogP contribution in [-0.4, -0.2) is 33.9 Å². The van der Waals surface area contributed by atoms with Crippen LogP contribution in [0.2, 0.25) is 0 Å². The number of hydrogen-bond donors (Lipinski definition) is 1. The molecule has 1 aromatic heterocycles. The van der Waals surface area contributed by atoms with Crippen molar-refractivity contribution in [2.75, 3.05) is 13.1 Å². The van der Waals surface area contributed by atoms with Crippen LogP contribution >= 0.6 is 12.2 Å². The van der Waals surface area contributed by atoms with Gasteiger partial charge in [0.15, 0.2) is 0 Å². The molecule has 2 aromatic rings. The molecule has 5 heteroatoms. The van der Waals surface area contributed by atoms with Crippen molar-refractivity contribution in [1.29, 1.82) is 0 Å². The highest BCUT2D eigenvalue weighted by Gasteiger charge is 2.14. The van der Waals surface area contributed by atoms with Gasteiger partial charge in [-0.25, -0.2) is 0 Å². The highest BCUT2D eigenvalue weighted by molar-refractivity contribution is 7.80. The number of rotatable bonds is 5. The van der Waals surface area contributed by atoms with Crippen molar-refractivity contribution in [1.82, 2.24) is 9.88 Å². The van der Waals surface area contributed by atoms with Gasteiger partial charge in [0.05, 0.1) is 10.5 Å². The second-order valence-corrected chi connectivity index (χ2v) is 5.04. The Balaban J connectivity index is 2.22. The van der Waals surface area contributed by atoms with E-state index in [4.69, 9.17) is 18.0 Å². The van der Waals surface area contributed by atoms with Gasteiger partial charge in [0.1, 0.15) is 0 Å². The van der Waals surface area contributed by atoms with Gasteiger partial charge in [0.25, 0.3) is 5.91 Å². The number of benzene rings is 1. The fourth-order valence-electron chi connectivity index (χ4n) is 2.04. The van der Waals surface area contributed by atoms with E-state index in [-0.39, 0.29) is 5.91 Å². The third-order valence-corrected chi connectivity index (χ3v) is 3.35. The lowest BCUT2D eigenvalue weighted by Gasteiger charge is -2.20. The van der Waals surface area contributed by atoms with Gasteiger partial charge < -0.3 is 10.6 Å². The Bertz CT molecular complexity index is 642. The molecule has 2 rings (SSSR count). The molecule has 0 bridgehead atoms. The summed E-state index contributed by atoms with van der Waals surface area (Å²) in [5, 5.41) is 0.962. The Kier molecular flexibility index (Phi) is 4.63. The maximum absolute atomic E-state index is 12.5. The first kappa shape index (κ1) is 14.4. The number of carbonyl (C=O) groups excluding carboxylic acids is 1. The zero-order chi connectivity index (χ0) is 14.5. The summed E-state index contributed by atoms with van der Waals surface area (Å²) in [5.74, 6) is -0.00509. The van der Waals surface area contributed by atoms with Gasteiger partial charge in [-0.15, -0.1) is 0 Å². The van der Waals surface area contributed by atoms with Crippen LogP contribution in [0, 0.1) is 0 Å². The van der Waals surface area contributed by atoms with E-state index in [1.54, 1.807) is 17.2 Å². The number of pyridine rings is 1. The molecule has 1 amide bonds. The smallest absolute Gasteiger partial charge is 0.253 e. The Morgan fingerprint density at radius 1 is 1.40 bits per heavy atom. The Labute approximate surface area is 123 Å². The summed E-state index contributed by atoms with van der Waals surface area (Å²) >= 11 is 4.86. The van der Waals surface area contributed by atoms with Gasteiger partial charge in [-0.2, -0.15) is 0 Å². The summed E-state index contributed by atoms with van der Waals surface area (Å²) in [6.07, 6.45) is 2.29. The van der Waals surface area contributed by atoms with E-state index in [1.807, 2.05) is 31.2 Å². The number of aromatic nitrogens is 1. The number of thiocarbonyl (C=S) groups is 1. The van der Waals surface area contributed by atoms with Gasteiger partial charge in [0, 0.05) is 36.7 Å². The maximum Gasteiger partial charge on any atom is 0.253 e. The van der Waals surface area contributed by atoms with Gasteiger partial charge in [0.2, 0.25) is 0 Å². The van der Waals surface area contributed by atoms with E-state index in [2.05, 4.69) is 4.98 Å². The number of amides is 1. The van der Waals surface area contributed by atoms with Gasteiger partial charge in [-0.05, 0) is 31.2 Å². The molecular weight excluding hydrogens is 270 g/mol. The van der Waals surface area contributed by atoms with Gasteiger partial charge >= 0.3 is 0 Å². The number of fused-ring (bicyclic) bond motifs is 1. The lowest BCUT2D eigenvalue weighted by atomic mass is 10.1. The Morgan fingerprint density at radius 3 is 2.90 bits per heavy atom. The van der Waals surface area contributed by atoms with Crippen LogP contribution in [-0.2, 0) is 0 Å². The molecule has 0 saturated carbocycles. The van der Waals surface area contributed by atoms with Gasteiger partial charge in [-0.1, -0.05) is 18.3 Å². The lowest BCUT2D eigenvalue weighted by Crippen LogP contribution is -2.33. The van der Waals surface area contributed by atoms with Crippen molar-refractivity contribution in [3.05, 3.63) is 42.1 Å². The molecular formula is C15H17N3OS. The maximum atomic E-state index is 12.5. The average Bonchev–Trinajstić information content (AvgIpc) is 2.47. The van der Waals surface area contributed by atoms with Crippen molar-refractivity contribution >= 4 is 34.0 Å². The van der Waals surface area contributed by atoms with E-state index in [0.29, 0.717) is 30.1 Å². The van der Waals surface area contributed by atoms with Crippen LogP contribution in [0.1, 0.15) is 23.7 Å². The summed E-state index contributed by atoms with van der Waals surface area (Å²) in [7, 11) is 0. The van der Waals surface area contributed by atoms with E-state index in [0.717, 1.165) is 10.9 Å². The third kappa shape index (κ3) is 3.30. The first-order valence-electron chi connectivity index (χ1n) is 6.54. The molecule has 0 aliphatic rings. The van der Waals surface area contributed by atoms with E-state index >= 15 is 0 Å². The minimum Gasteiger partial charge on any atom is -0.393 e. The predicted molar refractivity (Wildman–Crippen MR) is 84.7 cm³/mol. The van der Waals surface area contributed by atoms with Crippen LogP contribution in [0.15, 0.2) is 36.5 Å². The average molecular weight is 287 g/mol. The predicted octanol–water partition coefficient (Wildman–Crippen LogP) is 2.37. The van der Waals surface area contributed by atoms with E-state index < -0.39 is 0 Å². The van der Waals surface area contributed by atoms with Crippen LogP contribution in [0.3, 0.4) is 0 Å². The summed E-state index contributed by atoms with van der Waals surface area (Å²) in [5.41, 5.74) is 7.04. The van der Waals surface area contributed by atoms with Crippen LogP contribution in [0.4, 0.5) is 0 Å². The number of carbonyl (C=O) groups is 1. The van der Waals surface area contributed by atoms with Crippen molar-refractivity contribution < 1.29 is 4.79 Å². The fraction of sp³-hybridized carbons (Fsp3) is 0.267. The third-order valence-electron chi connectivity index (χ3n) is 3.15. The quantitative estimate of drug-likeness (QED) is 0.858. The van der Waals surface area contributed by atoms with Crippen LogP contribution in [0.5, 0.6) is 0 Å². The second-order valence-electron chi connectivity index (χ2n) is 4.51. The first-order chi connectivity index (χ1) is 9.61. The number of hydrogen-bond acceptors (Lipinski definition) is 3. The summed E-state index contributed by atoms with van der Waals surface area (Å²) in [6, 6.07) is 9.35. The highest BCUT2D eigenvalue weighted by Crippen LogP contribution is 2.15. The Morgan fingerprint density at radius 2 is 2.20 bits per heavy atom. The summed E-state index contributed by atoms with van der Waals surface area (Å²) in [4.78, 5) is 18.9. The van der Waals surface area contributed by atoms with Crippen molar-refractivity contribution in [2.24, 2.45) is 5.73 Å². The van der Waals surface area contributed by atoms with Crippen molar-refractivity contribution in [3.8, 4) is 0 Å². The van der Waals surface area contributed by atoms with E-state index in [9.17, 15) is 4.79 Å². The minimum absolute atomic E-state index is 0.00509. The largest absolute Gasteiger partial charge is 0.393 e. The Hall–Kier alpha value is -2.01.